The first kappa shape index (κ1) is 19.3. The van der Waals surface area contributed by atoms with E-state index in [0.717, 1.165) is 12.8 Å². The van der Waals surface area contributed by atoms with Gasteiger partial charge in [0.2, 0.25) is 0 Å². The van der Waals surface area contributed by atoms with E-state index in [1.807, 2.05) is 20.8 Å². The Kier molecular flexibility index (Phi) is 6.11. The highest BCUT2D eigenvalue weighted by Gasteiger charge is 2.27. The third kappa shape index (κ3) is 5.49. The second kappa shape index (κ2) is 7.91. The Bertz CT molecular complexity index is 637. The summed E-state index contributed by atoms with van der Waals surface area (Å²) in [6.07, 6.45) is 2.68. The van der Waals surface area contributed by atoms with E-state index in [2.05, 4.69) is 15.6 Å². The Morgan fingerprint density at radius 1 is 1.32 bits per heavy atom. The van der Waals surface area contributed by atoms with E-state index >= 15 is 0 Å². The number of piperidine rings is 1. The number of ether oxygens (including phenoxy) is 1. The molecule has 0 bridgehead atoms. The molecule has 2 amide bonds. The maximum absolute atomic E-state index is 12.1. The van der Waals surface area contributed by atoms with Crippen molar-refractivity contribution < 1.29 is 14.3 Å². The fourth-order valence-electron chi connectivity index (χ4n) is 2.62. The van der Waals surface area contributed by atoms with Crippen LogP contribution in [0.2, 0.25) is 5.15 Å². The zero-order valence-electron chi connectivity index (χ0n) is 15.1. The fraction of sp³-hybridized carbons (Fsp3) is 0.588. The maximum atomic E-state index is 12.1. The molecule has 0 aromatic carbocycles. The van der Waals surface area contributed by atoms with E-state index in [1.165, 1.54) is 6.20 Å². The molecule has 0 unspecified atom stereocenters. The van der Waals surface area contributed by atoms with Gasteiger partial charge in [0.05, 0.1) is 11.3 Å². The lowest BCUT2D eigenvalue weighted by atomic mass is 10.0. The number of hydrogen-bond acceptors (Lipinski definition) is 5. The molecule has 2 N–H and O–H groups in total. The zero-order valence-corrected chi connectivity index (χ0v) is 15.8. The largest absolute Gasteiger partial charge is 0.444 e. The van der Waals surface area contributed by atoms with Crippen molar-refractivity contribution in [3.8, 4) is 0 Å². The molecule has 2 rings (SSSR count). The average Bonchev–Trinajstić information content (AvgIpc) is 2.53. The van der Waals surface area contributed by atoms with E-state index in [4.69, 9.17) is 16.3 Å². The van der Waals surface area contributed by atoms with Crippen LogP contribution in [0.15, 0.2) is 12.3 Å². The van der Waals surface area contributed by atoms with Crippen LogP contribution >= 0.6 is 11.6 Å². The van der Waals surface area contributed by atoms with Crippen LogP contribution in [0, 0.1) is 0 Å². The summed E-state index contributed by atoms with van der Waals surface area (Å²) < 4.78 is 5.40. The number of amides is 2. The third-order valence-electron chi connectivity index (χ3n) is 3.85. The van der Waals surface area contributed by atoms with Crippen LogP contribution in [0.5, 0.6) is 0 Å². The number of pyridine rings is 1. The van der Waals surface area contributed by atoms with Gasteiger partial charge in [-0.15, -0.1) is 0 Å². The molecular formula is C17H25ClN4O3. The molecule has 1 saturated heterocycles. The van der Waals surface area contributed by atoms with Gasteiger partial charge in [0, 0.05) is 32.4 Å². The lowest BCUT2D eigenvalue weighted by molar-refractivity contribution is 0.0210. The quantitative estimate of drug-likeness (QED) is 0.801. The van der Waals surface area contributed by atoms with Crippen molar-refractivity contribution in [1.82, 2.24) is 15.2 Å². The Morgan fingerprint density at radius 3 is 2.52 bits per heavy atom. The second-order valence-electron chi connectivity index (χ2n) is 7.02. The topological polar surface area (TPSA) is 83.6 Å². The third-order valence-corrected chi connectivity index (χ3v) is 4.06. The molecule has 1 aliphatic rings. The zero-order chi connectivity index (χ0) is 18.6. The molecule has 0 spiro atoms. The normalized spacial score (nSPS) is 15.6. The van der Waals surface area contributed by atoms with Crippen molar-refractivity contribution in [1.29, 1.82) is 0 Å². The number of nitrogens with one attached hydrogen (secondary N) is 2. The molecule has 0 radical (unpaired) electrons. The number of nitrogens with zero attached hydrogens (tertiary/aromatic N) is 2. The molecule has 0 saturated carbocycles. The summed E-state index contributed by atoms with van der Waals surface area (Å²) in [5, 5.41) is 6.26. The first-order chi connectivity index (χ1) is 11.7. The molecule has 8 heteroatoms. The number of anilines is 1. The predicted octanol–water partition coefficient (Wildman–Crippen LogP) is 2.91. The van der Waals surface area contributed by atoms with E-state index < -0.39 is 5.60 Å². The van der Waals surface area contributed by atoms with Crippen LogP contribution in [0.3, 0.4) is 0 Å². The summed E-state index contributed by atoms with van der Waals surface area (Å²) in [5.41, 5.74) is 0.596. The van der Waals surface area contributed by atoms with Crippen LogP contribution in [-0.4, -0.2) is 53.7 Å². The van der Waals surface area contributed by atoms with Crippen LogP contribution in [0.25, 0.3) is 0 Å². The number of carbonyl (C=O) groups is 2. The summed E-state index contributed by atoms with van der Waals surface area (Å²) in [7, 11) is 1.57. The van der Waals surface area contributed by atoms with E-state index in [0.29, 0.717) is 29.5 Å². The van der Waals surface area contributed by atoms with Crippen LogP contribution in [0.4, 0.5) is 10.5 Å². The lowest BCUT2D eigenvalue weighted by Crippen LogP contribution is -2.44. The van der Waals surface area contributed by atoms with Crippen LogP contribution in [0.1, 0.15) is 44.0 Å². The summed E-state index contributed by atoms with van der Waals surface area (Å²) in [5.74, 6) is -0.224. The Hall–Kier alpha value is -2.02. The standard InChI is InChI=1S/C17H25ClN4O3/c1-17(2,3)25-16(24)22-7-5-11(6-8-22)21-13-9-14(18)20-10-12(13)15(23)19-4/h9-11H,5-8H2,1-4H3,(H,19,23)(H,20,21). The van der Waals surface area contributed by atoms with Crippen molar-refractivity contribution in [2.24, 2.45) is 0 Å². The highest BCUT2D eigenvalue weighted by Crippen LogP contribution is 2.23. The minimum Gasteiger partial charge on any atom is -0.444 e. The monoisotopic (exact) mass is 368 g/mol. The van der Waals surface area contributed by atoms with Crippen LogP contribution < -0.4 is 10.6 Å². The van der Waals surface area contributed by atoms with Crippen LogP contribution in [-0.2, 0) is 4.74 Å². The average molecular weight is 369 g/mol. The first-order valence-electron chi connectivity index (χ1n) is 8.31. The van der Waals surface area contributed by atoms with E-state index in [1.54, 1.807) is 18.0 Å². The SMILES string of the molecule is CNC(=O)c1cnc(Cl)cc1NC1CCN(C(=O)OC(C)(C)C)CC1. The van der Waals surface area contributed by atoms with Crippen molar-refractivity contribution in [3.63, 3.8) is 0 Å². The van der Waals surface area contributed by atoms with Crippen molar-refractivity contribution >= 4 is 29.3 Å². The maximum Gasteiger partial charge on any atom is 0.410 e. The second-order valence-corrected chi connectivity index (χ2v) is 7.40. The fourth-order valence-corrected chi connectivity index (χ4v) is 2.78. The van der Waals surface area contributed by atoms with Gasteiger partial charge in [-0.25, -0.2) is 9.78 Å². The van der Waals surface area contributed by atoms with Gasteiger partial charge in [0.1, 0.15) is 10.8 Å². The minimum atomic E-state index is -0.498. The number of likely N-dealkylation sites (tertiary alicyclic amines) is 1. The molecule has 1 aliphatic heterocycles. The molecular weight excluding hydrogens is 344 g/mol. The Balaban J connectivity index is 1.97. The molecule has 1 aromatic rings. The highest BCUT2D eigenvalue weighted by atomic mass is 35.5. The summed E-state index contributed by atoms with van der Waals surface area (Å²) in [4.78, 5) is 29.7. The van der Waals surface area contributed by atoms with Gasteiger partial charge in [-0.1, -0.05) is 11.6 Å². The first-order valence-corrected chi connectivity index (χ1v) is 8.69. The molecule has 7 nitrogen and oxygen atoms in total. The van der Waals surface area contributed by atoms with Crippen molar-refractivity contribution in [2.45, 2.75) is 45.3 Å². The van der Waals surface area contributed by atoms with Gasteiger partial charge >= 0.3 is 6.09 Å². The Morgan fingerprint density at radius 2 is 1.96 bits per heavy atom. The molecule has 0 atom stereocenters. The van der Waals surface area contributed by atoms with E-state index in [9.17, 15) is 9.59 Å². The molecule has 138 valence electrons. The summed E-state index contributed by atoms with van der Waals surface area (Å²) in [6.45, 7) is 6.76. The molecule has 0 aliphatic carbocycles. The van der Waals surface area contributed by atoms with Crippen molar-refractivity contribution in [3.05, 3.63) is 23.0 Å². The Labute approximate surface area is 153 Å². The number of aromatic nitrogens is 1. The predicted molar refractivity (Wildman–Crippen MR) is 97.1 cm³/mol. The number of rotatable bonds is 3. The van der Waals surface area contributed by atoms with E-state index in [-0.39, 0.29) is 18.0 Å². The lowest BCUT2D eigenvalue weighted by Gasteiger charge is -2.34. The molecule has 2 heterocycles. The molecule has 1 aromatic heterocycles. The summed E-state index contributed by atoms with van der Waals surface area (Å²) in [6, 6.07) is 1.78. The number of carbonyl (C=O) groups excluding carboxylic acids is 2. The van der Waals surface area contributed by atoms with Gasteiger partial charge in [-0.2, -0.15) is 0 Å². The number of halogens is 1. The van der Waals surface area contributed by atoms with Gasteiger partial charge in [0.25, 0.3) is 5.91 Å². The molecule has 1 fully saturated rings. The highest BCUT2D eigenvalue weighted by molar-refractivity contribution is 6.29. The van der Waals surface area contributed by atoms with Gasteiger partial charge in [0.15, 0.2) is 0 Å². The van der Waals surface area contributed by atoms with Crippen molar-refractivity contribution in [2.75, 3.05) is 25.5 Å². The van der Waals surface area contributed by atoms with Gasteiger partial charge < -0.3 is 20.3 Å². The van der Waals surface area contributed by atoms with Gasteiger partial charge in [-0.3, -0.25) is 4.79 Å². The summed E-state index contributed by atoms with van der Waals surface area (Å²) >= 11 is 5.96. The smallest absolute Gasteiger partial charge is 0.410 e. The minimum absolute atomic E-state index is 0.139. The number of hydrogen-bond donors (Lipinski definition) is 2. The molecule has 25 heavy (non-hydrogen) atoms. The van der Waals surface area contributed by atoms with Gasteiger partial charge in [-0.05, 0) is 39.7 Å².